The van der Waals surface area contributed by atoms with E-state index in [1.165, 1.54) is 25.3 Å². The molecule has 0 spiro atoms. The Labute approximate surface area is 192 Å². The lowest BCUT2D eigenvalue weighted by atomic mass is 9.87. The summed E-state index contributed by atoms with van der Waals surface area (Å²) in [5.41, 5.74) is 5.25. The highest BCUT2D eigenvalue weighted by atomic mass is 32.2. The minimum Gasteiger partial charge on any atom is -0.465 e. The SMILES string of the molecule is COC(=O)c1c(C(C)C)nc2c(c1-c1ccc(F)cc1)CCCc1ccc(S(N)(=O)=O)cc1-2. The van der Waals surface area contributed by atoms with Crippen LogP contribution in [-0.2, 0) is 27.6 Å². The van der Waals surface area contributed by atoms with Gasteiger partial charge < -0.3 is 4.74 Å². The van der Waals surface area contributed by atoms with Crippen LogP contribution in [0, 0.1) is 5.82 Å². The molecule has 0 bridgehead atoms. The Balaban J connectivity index is 2.15. The number of carbonyl (C=O) groups is 1. The minimum atomic E-state index is -3.91. The van der Waals surface area contributed by atoms with E-state index in [0.717, 1.165) is 17.5 Å². The van der Waals surface area contributed by atoms with Gasteiger partial charge in [-0.15, -0.1) is 0 Å². The standard InChI is InChI=1S/C25H25FN2O4S/c1-14(2)23-22(25(29)32-3)21(16-7-10-17(26)11-8-16)19-6-4-5-15-9-12-18(33(27,30)31)13-20(15)24(19)28-23/h7-14H,4-6H2,1-3H3,(H2,27,30,31). The maximum atomic E-state index is 13.7. The van der Waals surface area contributed by atoms with Crippen LogP contribution in [0.25, 0.3) is 22.4 Å². The van der Waals surface area contributed by atoms with Crippen molar-refractivity contribution in [3.63, 3.8) is 0 Å². The zero-order valence-electron chi connectivity index (χ0n) is 18.7. The van der Waals surface area contributed by atoms with E-state index in [2.05, 4.69) is 0 Å². The van der Waals surface area contributed by atoms with Crippen LogP contribution in [-0.4, -0.2) is 26.5 Å². The molecular weight excluding hydrogens is 443 g/mol. The summed E-state index contributed by atoms with van der Waals surface area (Å²) in [7, 11) is -2.59. The normalized spacial score (nSPS) is 13.3. The Morgan fingerprint density at radius 3 is 2.42 bits per heavy atom. The van der Waals surface area contributed by atoms with Gasteiger partial charge in [-0.2, -0.15) is 0 Å². The zero-order chi connectivity index (χ0) is 23.9. The number of hydrogen-bond donors (Lipinski definition) is 1. The molecule has 33 heavy (non-hydrogen) atoms. The number of carbonyl (C=O) groups excluding carboxylic acids is 1. The summed E-state index contributed by atoms with van der Waals surface area (Å²) in [4.78, 5) is 17.9. The molecule has 172 valence electrons. The fourth-order valence-corrected chi connectivity index (χ4v) is 4.94. The summed E-state index contributed by atoms with van der Waals surface area (Å²) in [5, 5.41) is 5.40. The predicted octanol–water partition coefficient (Wildman–Crippen LogP) is 4.60. The van der Waals surface area contributed by atoms with Crippen molar-refractivity contribution in [2.75, 3.05) is 7.11 Å². The van der Waals surface area contributed by atoms with E-state index in [1.54, 1.807) is 24.3 Å². The highest BCUT2D eigenvalue weighted by Gasteiger charge is 2.30. The highest BCUT2D eigenvalue weighted by molar-refractivity contribution is 7.89. The second-order valence-electron chi connectivity index (χ2n) is 8.44. The van der Waals surface area contributed by atoms with Gasteiger partial charge >= 0.3 is 5.97 Å². The average molecular weight is 469 g/mol. The number of hydrogen-bond acceptors (Lipinski definition) is 5. The number of primary sulfonamides is 1. The third-order valence-electron chi connectivity index (χ3n) is 5.93. The van der Waals surface area contributed by atoms with Crippen molar-refractivity contribution in [1.29, 1.82) is 0 Å². The molecule has 1 heterocycles. The highest BCUT2D eigenvalue weighted by Crippen LogP contribution is 2.42. The third kappa shape index (κ3) is 4.28. The summed E-state index contributed by atoms with van der Waals surface area (Å²) in [6.45, 7) is 3.85. The van der Waals surface area contributed by atoms with Gasteiger partial charge in [-0.3, -0.25) is 4.98 Å². The van der Waals surface area contributed by atoms with Gasteiger partial charge in [0.05, 0.1) is 29.0 Å². The van der Waals surface area contributed by atoms with Crippen molar-refractivity contribution < 1.29 is 22.3 Å². The smallest absolute Gasteiger partial charge is 0.340 e. The summed E-state index contributed by atoms with van der Waals surface area (Å²) in [5.74, 6) is -1.03. The van der Waals surface area contributed by atoms with E-state index in [-0.39, 0.29) is 16.6 Å². The van der Waals surface area contributed by atoms with Crippen molar-refractivity contribution in [3.8, 4) is 22.4 Å². The molecule has 4 rings (SSSR count). The zero-order valence-corrected chi connectivity index (χ0v) is 19.5. The van der Waals surface area contributed by atoms with E-state index < -0.39 is 16.0 Å². The lowest BCUT2D eigenvalue weighted by molar-refractivity contribution is 0.0599. The molecule has 0 amide bonds. The first-order chi connectivity index (χ1) is 15.6. The summed E-state index contributed by atoms with van der Waals surface area (Å²) in [6.07, 6.45) is 2.09. The number of benzene rings is 2. The lowest BCUT2D eigenvalue weighted by Crippen LogP contribution is -2.15. The number of aromatic nitrogens is 1. The Morgan fingerprint density at radius 2 is 1.82 bits per heavy atom. The molecule has 2 aromatic carbocycles. The number of pyridine rings is 1. The number of ether oxygens (including phenoxy) is 1. The molecule has 0 aliphatic heterocycles. The number of rotatable bonds is 4. The van der Waals surface area contributed by atoms with E-state index in [9.17, 15) is 17.6 Å². The van der Waals surface area contributed by atoms with Crippen LogP contribution in [0.3, 0.4) is 0 Å². The molecule has 8 heteroatoms. The topological polar surface area (TPSA) is 99.3 Å². The molecule has 0 fully saturated rings. The lowest BCUT2D eigenvalue weighted by Gasteiger charge is -2.22. The molecule has 0 radical (unpaired) electrons. The van der Waals surface area contributed by atoms with Crippen molar-refractivity contribution in [1.82, 2.24) is 4.98 Å². The van der Waals surface area contributed by atoms with Crippen LogP contribution in [0.15, 0.2) is 47.4 Å². The second-order valence-corrected chi connectivity index (χ2v) is 10.0. The molecule has 3 aromatic rings. The summed E-state index contributed by atoms with van der Waals surface area (Å²) < 4.78 is 42.9. The van der Waals surface area contributed by atoms with Crippen molar-refractivity contribution in [3.05, 3.63) is 70.7 Å². The van der Waals surface area contributed by atoms with Gasteiger partial charge in [-0.1, -0.05) is 32.0 Å². The van der Waals surface area contributed by atoms with Crippen LogP contribution in [0.4, 0.5) is 4.39 Å². The van der Waals surface area contributed by atoms with Crippen LogP contribution < -0.4 is 5.14 Å². The fraction of sp³-hybridized carbons (Fsp3) is 0.280. The average Bonchev–Trinajstić information content (AvgIpc) is 2.96. The third-order valence-corrected chi connectivity index (χ3v) is 6.84. The van der Waals surface area contributed by atoms with Crippen LogP contribution in [0.1, 0.15) is 53.4 Å². The number of fused-ring (bicyclic) bond motifs is 3. The molecule has 0 saturated heterocycles. The predicted molar refractivity (Wildman–Crippen MR) is 124 cm³/mol. The van der Waals surface area contributed by atoms with Crippen LogP contribution >= 0.6 is 0 Å². The monoisotopic (exact) mass is 468 g/mol. The minimum absolute atomic E-state index is 0.00220. The van der Waals surface area contributed by atoms with Crippen molar-refractivity contribution in [2.24, 2.45) is 5.14 Å². The summed E-state index contributed by atoms with van der Waals surface area (Å²) >= 11 is 0. The molecule has 1 aromatic heterocycles. The van der Waals surface area contributed by atoms with E-state index in [4.69, 9.17) is 14.9 Å². The number of nitrogens with zero attached hydrogens (tertiary/aromatic N) is 1. The Bertz CT molecular complexity index is 1350. The number of methoxy groups -OCH3 is 1. The molecule has 2 N–H and O–H groups in total. The van der Waals surface area contributed by atoms with Crippen molar-refractivity contribution in [2.45, 2.75) is 43.9 Å². The van der Waals surface area contributed by atoms with Gasteiger partial charge in [0, 0.05) is 11.1 Å². The second kappa shape index (κ2) is 8.68. The maximum Gasteiger partial charge on any atom is 0.340 e. The van der Waals surface area contributed by atoms with Gasteiger partial charge in [0.1, 0.15) is 5.82 Å². The van der Waals surface area contributed by atoms with Gasteiger partial charge in [0.25, 0.3) is 0 Å². The Hall–Kier alpha value is -3.10. The Morgan fingerprint density at radius 1 is 1.12 bits per heavy atom. The van der Waals surface area contributed by atoms with Gasteiger partial charge in [0.15, 0.2) is 0 Å². The van der Waals surface area contributed by atoms with Crippen LogP contribution in [0.2, 0.25) is 0 Å². The quantitative estimate of drug-likeness (QED) is 0.564. The first-order valence-electron chi connectivity index (χ1n) is 10.7. The van der Waals surface area contributed by atoms with E-state index in [1.807, 2.05) is 13.8 Å². The molecule has 0 unspecified atom stereocenters. The van der Waals surface area contributed by atoms with Gasteiger partial charge in [-0.25, -0.2) is 22.7 Å². The molecule has 1 aliphatic carbocycles. The van der Waals surface area contributed by atoms with E-state index >= 15 is 0 Å². The number of esters is 1. The van der Waals surface area contributed by atoms with E-state index in [0.29, 0.717) is 46.5 Å². The fourth-order valence-electron chi connectivity index (χ4n) is 4.40. The van der Waals surface area contributed by atoms with Gasteiger partial charge in [0.2, 0.25) is 10.0 Å². The molecule has 1 aliphatic rings. The molecular formula is C25H25FN2O4S. The molecule has 6 nitrogen and oxygen atoms in total. The number of nitrogens with two attached hydrogens (primary N) is 1. The van der Waals surface area contributed by atoms with Crippen molar-refractivity contribution >= 4 is 16.0 Å². The first-order valence-corrected chi connectivity index (χ1v) is 12.2. The number of sulfonamides is 1. The van der Waals surface area contributed by atoms with Crippen LogP contribution in [0.5, 0.6) is 0 Å². The Kier molecular flexibility index (Phi) is 6.07. The van der Waals surface area contributed by atoms with Gasteiger partial charge in [-0.05, 0) is 66.1 Å². The largest absolute Gasteiger partial charge is 0.465 e. The summed E-state index contributed by atoms with van der Waals surface area (Å²) in [6, 6.07) is 10.8. The molecule has 0 saturated carbocycles. The maximum absolute atomic E-state index is 13.7. The number of halogens is 1. The molecule has 0 atom stereocenters. The number of aryl methyl sites for hydroxylation is 1. The first kappa shape index (κ1) is 23.1.